The van der Waals surface area contributed by atoms with Gasteiger partial charge in [-0.25, -0.2) is 8.42 Å². The van der Waals surface area contributed by atoms with Crippen LogP contribution in [-0.2, 0) is 14.6 Å². The minimum atomic E-state index is -3.00. The summed E-state index contributed by atoms with van der Waals surface area (Å²) in [6.07, 6.45) is 7.92. The van der Waals surface area contributed by atoms with Crippen LogP contribution >= 0.6 is 0 Å². The lowest BCUT2D eigenvalue weighted by Gasteiger charge is -2.32. The minimum absolute atomic E-state index is 0.0344. The van der Waals surface area contributed by atoms with Gasteiger partial charge in [0.2, 0.25) is 0 Å². The van der Waals surface area contributed by atoms with Crippen molar-refractivity contribution in [1.82, 2.24) is 0 Å². The molecule has 2 unspecified atom stereocenters. The van der Waals surface area contributed by atoms with Gasteiger partial charge in [0.05, 0.1) is 5.25 Å². The Balaban J connectivity index is 1.95. The Labute approximate surface area is 116 Å². The molecule has 2 N–H and O–H groups in total. The highest BCUT2D eigenvalue weighted by atomic mass is 32.2. The van der Waals surface area contributed by atoms with Crippen molar-refractivity contribution in [1.29, 1.82) is 0 Å². The van der Waals surface area contributed by atoms with Gasteiger partial charge in [-0.15, -0.1) is 0 Å². The molecule has 0 heterocycles. The van der Waals surface area contributed by atoms with Crippen molar-refractivity contribution in [2.75, 3.05) is 6.26 Å². The van der Waals surface area contributed by atoms with Crippen LogP contribution in [0, 0.1) is 11.8 Å². The molecule has 0 aromatic carbocycles. The largest absolute Gasteiger partial charge is 0.328 e. The molecule has 0 aromatic heterocycles. The molecular weight excluding hydrogens is 262 g/mol. The van der Waals surface area contributed by atoms with Gasteiger partial charge < -0.3 is 5.73 Å². The number of hydrogen-bond donors (Lipinski definition) is 1. The number of Topliss-reactive ketones (excluding diaryl/α,β-unsaturated/α-hetero) is 1. The van der Waals surface area contributed by atoms with E-state index in [0.717, 1.165) is 44.9 Å². The monoisotopic (exact) mass is 287 g/mol. The Morgan fingerprint density at radius 2 is 1.63 bits per heavy atom. The number of carbonyl (C=O) groups is 1. The van der Waals surface area contributed by atoms with Gasteiger partial charge in [0.1, 0.15) is 15.6 Å². The van der Waals surface area contributed by atoms with E-state index in [-0.39, 0.29) is 23.1 Å². The predicted octanol–water partition coefficient (Wildman–Crippen LogP) is 1.68. The molecule has 0 aliphatic heterocycles. The van der Waals surface area contributed by atoms with E-state index < -0.39 is 9.84 Å². The fourth-order valence-electron chi connectivity index (χ4n) is 3.53. The fourth-order valence-corrected chi connectivity index (χ4v) is 4.71. The van der Waals surface area contributed by atoms with Crippen molar-refractivity contribution in [3.63, 3.8) is 0 Å². The summed E-state index contributed by atoms with van der Waals surface area (Å²) in [4.78, 5) is 12.5. The molecule has 2 saturated carbocycles. The van der Waals surface area contributed by atoms with E-state index in [1.165, 1.54) is 6.26 Å². The molecule has 0 amide bonds. The first-order valence-electron chi connectivity index (χ1n) is 7.36. The SMILES string of the molecule is CS(=O)(=O)C1CCCC(C(=O)C2CCC(N)CC2)C1. The van der Waals surface area contributed by atoms with Crippen LogP contribution in [-0.4, -0.2) is 31.7 Å². The van der Waals surface area contributed by atoms with Crippen molar-refractivity contribution in [3.8, 4) is 0 Å². The summed E-state index contributed by atoms with van der Waals surface area (Å²) in [5, 5.41) is -0.305. The summed E-state index contributed by atoms with van der Waals surface area (Å²) >= 11 is 0. The molecule has 2 aliphatic carbocycles. The number of sulfone groups is 1. The van der Waals surface area contributed by atoms with E-state index in [2.05, 4.69) is 0 Å². The molecule has 2 aliphatic rings. The molecule has 0 bridgehead atoms. The molecule has 19 heavy (non-hydrogen) atoms. The maximum absolute atomic E-state index is 12.5. The zero-order chi connectivity index (χ0) is 14.0. The summed E-state index contributed by atoms with van der Waals surface area (Å²) in [5.74, 6) is 0.399. The third-order valence-electron chi connectivity index (χ3n) is 4.81. The molecular formula is C14H25NO3S. The van der Waals surface area contributed by atoms with Crippen molar-refractivity contribution in [3.05, 3.63) is 0 Å². The molecule has 0 aromatic rings. The van der Waals surface area contributed by atoms with Crippen LogP contribution in [0.4, 0.5) is 0 Å². The molecule has 2 fully saturated rings. The summed E-state index contributed by atoms with van der Waals surface area (Å²) in [5.41, 5.74) is 5.86. The molecule has 110 valence electrons. The van der Waals surface area contributed by atoms with E-state index in [9.17, 15) is 13.2 Å². The van der Waals surface area contributed by atoms with Crippen molar-refractivity contribution in [2.45, 2.75) is 62.7 Å². The van der Waals surface area contributed by atoms with Crippen LogP contribution < -0.4 is 5.73 Å². The molecule has 0 saturated heterocycles. The van der Waals surface area contributed by atoms with Crippen LogP contribution in [0.2, 0.25) is 0 Å². The average molecular weight is 287 g/mol. The quantitative estimate of drug-likeness (QED) is 0.856. The Morgan fingerprint density at radius 1 is 1.00 bits per heavy atom. The van der Waals surface area contributed by atoms with Crippen LogP contribution in [0.15, 0.2) is 0 Å². The Hall–Kier alpha value is -0.420. The highest BCUT2D eigenvalue weighted by molar-refractivity contribution is 7.91. The minimum Gasteiger partial charge on any atom is -0.328 e. The van der Waals surface area contributed by atoms with E-state index in [1.807, 2.05) is 0 Å². The fraction of sp³-hybridized carbons (Fsp3) is 0.929. The topological polar surface area (TPSA) is 77.2 Å². The predicted molar refractivity (Wildman–Crippen MR) is 75.5 cm³/mol. The Morgan fingerprint density at radius 3 is 2.21 bits per heavy atom. The van der Waals surface area contributed by atoms with Crippen molar-refractivity contribution >= 4 is 15.6 Å². The first-order chi connectivity index (χ1) is 8.88. The van der Waals surface area contributed by atoms with Gasteiger partial charge in [0.25, 0.3) is 0 Å². The third-order valence-corrected chi connectivity index (χ3v) is 6.45. The Bertz CT molecular complexity index is 424. The van der Waals surface area contributed by atoms with Gasteiger partial charge in [-0.3, -0.25) is 4.79 Å². The second-order valence-corrected chi connectivity index (χ2v) is 8.65. The van der Waals surface area contributed by atoms with E-state index in [4.69, 9.17) is 5.73 Å². The van der Waals surface area contributed by atoms with E-state index in [0.29, 0.717) is 12.2 Å². The normalized spacial score (nSPS) is 36.9. The summed E-state index contributed by atoms with van der Waals surface area (Å²) in [6, 6.07) is 0.249. The van der Waals surface area contributed by atoms with Gasteiger partial charge in [0, 0.05) is 24.1 Å². The van der Waals surface area contributed by atoms with Gasteiger partial charge >= 0.3 is 0 Å². The number of hydrogen-bond acceptors (Lipinski definition) is 4. The van der Waals surface area contributed by atoms with Gasteiger partial charge in [-0.05, 0) is 44.9 Å². The molecule has 5 heteroatoms. The lowest BCUT2D eigenvalue weighted by atomic mass is 9.75. The average Bonchev–Trinajstić information content (AvgIpc) is 2.38. The van der Waals surface area contributed by atoms with Gasteiger partial charge in [-0.2, -0.15) is 0 Å². The van der Waals surface area contributed by atoms with Gasteiger partial charge in [0.15, 0.2) is 0 Å². The molecule has 2 rings (SSSR count). The molecule has 0 radical (unpaired) electrons. The van der Waals surface area contributed by atoms with Crippen LogP contribution in [0.3, 0.4) is 0 Å². The second-order valence-electron chi connectivity index (χ2n) is 6.33. The van der Waals surface area contributed by atoms with Gasteiger partial charge in [-0.1, -0.05) is 6.42 Å². The zero-order valence-corrected chi connectivity index (χ0v) is 12.5. The zero-order valence-electron chi connectivity index (χ0n) is 11.7. The first-order valence-corrected chi connectivity index (χ1v) is 9.31. The maximum atomic E-state index is 12.5. The number of carbonyl (C=O) groups excluding carboxylic acids is 1. The molecule has 0 spiro atoms. The van der Waals surface area contributed by atoms with Crippen molar-refractivity contribution in [2.24, 2.45) is 17.6 Å². The third kappa shape index (κ3) is 3.78. The van der Waals surface area contributed by atoms with Crippen LogP contribution in [0.5, 0.6) is 0 Å². The van der Waals surface area contributed by atoms with Crippen LogP contribution in [0.1, 0.15) is 51.4 Å². The number of ketones is 1. The van der Waals surface area contributed by atoms with Crippen LogP contribution in [0.25, 0.3) is 0 Å². The molecule has 4 nitrogen and oxygen atoms in total. The highest BCUT2D eigenvalue weighted by Gasteiger charge is 2.36. The smallest absolute Gasteiger partial charge is 0.150 e. The Kier molecular flexibility index (Phi) is 4.66. The summed E-state index contributed by atoms with van der Waals surface area (Å²) in [6.45, 7) is 0. The highest BCUT2D eigenvalue weighted by Crippen LogP contribution is 2.34. The summed E-state index contributed by atoms with van der Waals surface area (Å²) < 4.78 is 23.3. The standard InChI is InChI=1S/C14H25NO3S/c1-19(17,18)13-4-2-3-11(9-13)14(16)10-5-7-12(15)8-6-10/h10-13H,2-9,15H2,1H3. The number of nitrogens with two attached hydrogens (primary N) is 1. The van der Waals surface area contributed by atoms with Crippen molar-refractivity contribution < 1.29 is 13.2 Å². The summed E-state index contributed by atoms with van der Waals surface area (Å²) in [7, 11) is -3.00. The van der Waals surface area contributed by atoms with E-state index >= 15 is 0 Å². The first kappa shape index (κ1) is 15.0. The maximum Gasteiger partial charge on any atom is 0.150 e. The molecule has 2 atom stereocenters. The van der Waals surface area contributed by atoms with E-state index in [1.54, 1.807) is 0 Å². The number of rotatable bonds is 3. The second kappa shape index (κ2) is 5.92. The lowest BCUT2D eigenvalue weighted by molar-refractivity contribution is -0.128. The lowest BCUT2D eigenvalue weighted by Crippen LogP contribution is -2.36.